The quantitative estimate of drug-likeness (QED) is 0.295. The van der Waals surface area contributed by atoms with Crippen LogP contribution in [0.25, 0.3) is 0 Å². The van der Waals surface area contributed by atoms with Gasteiger partial charge in [0.25, 0.3) is 0 Å². The lowest BCUT2D eigenvalue weighted by Gasteiger charge is -2.45. The van der Waals surface area contributed by atoms with Gasteiger partial charge in [-0.05, 0) is 43.9 Å². The molecule has 2 aliphatic rings. The van der Waals surface area contributed by atoms with Crippen LogP contribution in [-0.2, 0) is 9.59 Å². The molecule has 26 heavy (non-hydrogen) atoms. The minimum Gasteiger partial charge on any atom is -0.481 e. The summed E-state index contributed by atoms with van der Waals surface area (Å²) in [6, 6.07) is 0.178. The highest BCUT2D eigenvalue weighted by atomic mass is 16.4. The molecule has 148 valence electrons. The highest BCUT2D eigenvalue weighted by molar-refractivity contribution is 5.83. The van der Waals surface area contributed by atoms with E-state index < -0.39 is 5.97 Å². The van der Waals surface area contributed by atoms with E-state index in [1.54, 1.807) is 0 Å². The van der Waals surface area contributed by atoms with Crippen LogP contribution in [0.3, 0.4) is 0 Å². The van der Waals surface area contributed by atoms with E-state index in [2.05, 4.69) is 19.1 Å². The number of aliphatic carboxylic acids is 1. The number of aliphatic hydroxyl groups is 1. The number of aliphatic hydroxyl groups excluding tert-OH is 1. The summed E-state index contributed by atoms with van der Waals surface area (Å²) in [7, 11) is 0. The number of nitrogens with zero attached hydrogens (tertiary/aromatic N) is 1. The van der Waals surface area contributed by atoms with Gasteiger partial charge in [0.05, 0.1) is 18.6 Å². The molecule has 2 rings (SSSR count). The van der Waals surface area contributed by atoms with E-state index in [1.807, 2.05) is 4.90 Å². The van der Waals surface area contributed by atoms with Crippen LogP contribution in [0.4, 0.5) is 0 Å². The first-order valence-corrected chi connectivity index (χ1v) is 10.3. The molecule has 2 unspecified atom stereocenters. The minimum absolute atomic E-state index is 0.143. The van der Waals surface area contributed by atoms with Gasteiger partial charge in [-0.3, -0.25) is 9.59 Å². The molecule has 2 atom stereocenters. The van der Waals surface area contributed by atoms with Gasteiger partial charge in [0.15, 0.2) is 0 Å². The fourth-order valence-electron chi connectivity index (χ4n) is 4.35. The molecule has 1 aliphatic carbocycles. The van der Waals surface area contributed by atoms with E-state index in [0.717, 1.165) is 51.5 Å². The van der Waals surface area contributed by atoms with Crippen molar-refractivity contribution in [3.05, 3.63) is 12.2 Å². The first-order chi connectivity index (χ1) is 12.5. The highest BCUT2D eigenvalue weighted by Gasteiger charge is 2.41. The number of carboxylic acid groups (broad SMARTS) is 1. The van der Waals surface area contributed by atoms with Crippen LogP contribution in [0.1, 0.15) is 84.0 Å². The minimum atomic E-state index is -0.738. The molecule has 5 nitrogen and oxygen atoms in total. The van der Waals surface area contributed by atoms with E-state index >= 15 is 0 Å². The van der Waals surface area contributed by atoms with Gasteiger partial charge in [-0.2, -0.15) is 0 Å². The number of β-lactam (4-membered cyclic amide) rings is 1. The Bertz CT molecular complexity index is 498. The van der Waals surface area contributed by atoms with Crippen molar-refractivity contribution in [2.45, 2.75) is 96.1 Å². The predicted molar refractivity (Wildman–Crippen MR) is 102 cm³/mol. The van der Waals surface area contributed by atoms with Crippen molar-refractivity contribution in [2.24, 2.45) is 5.41 Å². The van der Waals surface area contributed by atoms with Crippen LogP contribution in [0.5, 0.6) is 0 Å². The fourth-order valence-corrected chi connectivity index (χ4v) is 4.35. The molecule has 2 fully saturated rings. The Morgan fingerprint density at radius 2 is 2.04 bits per heavy atom. The van der Waals surface area contributed by atoms with Gasteiger partial charge in [-0.25, -0.2) is 0 Å². The van der Waals surface area contributed by atoms with Crippen molar-refractivity contribution in [1.29, 1.82) is 0 Å². The standard InChI is InChI=1S/C21H35NO4/c1-2-12-21(13-8-14-21)18(23)10-7-9-17-16-19(24)22(17)15-6-4-3-5-11-20(25)26/h7,9,17-18,23H,2-6,8,10-16H2,1H3,(H,25,26)/b9-7+. The zero-order valence-corrected chi connectivity index (χ0v) is 16.2. The molecule has 0 spiro atoms. The van der Waals surface area contributed by atoms with Gasteiger partial charge >= 0.3 is 5.97 Å². The lowest BCUT2D eigenvalue weighted by molar-refractivity contribution is -0.143. The number of amides is 1. The zero-order valence-electron chi connectivity index (χ0n) is 16.2. The number of carboxylic acids is 1. The lowest BCUT2D eigenvalue weighted by atomic mass is 9.62. The SMILES string of the molecule is CCCC1(C(O)C/C=C/C2CC(=O)N2CCCCCCC(=O)O)CCC1. The molecule has 1 aliphatic heterocycles. The van der Waals surface area contributed by atoms with Gasteiger partial charge in [0.2, 0.25) is 5.91 Å². The zero-order chi connectivity index (χ0) is 19.0. The van der Waals surface area contributed by atoms with Crippen LogP contribution in [0.2, 0.25) is 0 Å². The van der Waals surface area contributed by atoms with Crippen LogP contribution in [0.15, 0.2) is 12.2 Å². The van der Waals surface area contributed by atoms with Gasteiger partial charge in [0, 0.05) is 13.0 Å². The van der Waals surface area contributed by atoms with Gasteiger partial charge in [-0.15, -0.1) is 0 Å². The summed E-state index contributed by atoms with van der Waals surface area (Å²) in [5.41, 5.74) is 0.143. The van der Waals surface area contributed by atoms with Gasteiger partial charge in [-0.1, -0.05) is 44.8 Å². The van der Waals surface area contributed by atoms with Gasteiger partial charge < -0.3 is 15.1 Å². The van der Waals surface area contributed by atoms with Crippen LogP contribution >= 0.6 is 0 Å². The highest BCUT2D eigenvalue weighted by Crippen LogP contribution is 2.48. The van der Waals surface area contributed by atoms with Crippen molar-refractivity contribution in [3.8, 4) is 0 Å². The maximum Gasteiger partial charge on any atom is 0.303 e. The number of hydrogen-bond donors (Lipinski definition) is 2. The molecule has 1 heterocycles. The molecule has 0 radical (unpaired) electrons. The van der Waals surface area contributed by atoms with Crippen LogP contribution < -0.4 is 0 Å². The van der Waals surface area contributed by atoms with Crippen molar-refractivity contribution < 1.29 is 19.8 Å². The molecule has 1 saturated heterocycles. The van der Waals surface area contributed by atoms with Crippen molar-refractivity contribution in [2.75, 3.05) is 6.54 Å². The Kier molecular flexibility index (Phi) is 8.14. The summed E-state index contributed by atoms with van der Waals surface area (Å²) in [5.74, 6) is -0.537. The van der Waals surface area contributed by atoms with E-state index in [0.29, 0.717) is 19.3 Å². The summed E-state index contributed by atoms with van der Waals surface area (Å²) in [6.45, 7) is 2.94. The van der Waals surface area contributed by atoms with E-state index in [1.165, 1.54) is 6.42 Å². The first-order valence-electron chi connectivity index (χ1n) is 10.3. The number of rotatable bonds is 13. The van der Waals surface area contributed by atoms with E-state index in [-0.39, 0.29) is 29.9 Å². The monoisotopic (exact) mass is 365 g/mol. The molecule has 1 saturated carbocycles. The predicted octanol–water partition coefficient (Wildman–Crippen LogP) is 3.90. The fraction of sp³-hybridized carbons (Fsp3) is 0.810. The molecule has 0 aromatic rings. The Hall–Kier alpha value is -1.36. The average molecular weight is 366 g/mol. The third-order valence-corrected chi connectivity index (χ3v) is 6.17. The van der Waals surface area contributed by atoms with Gasteiger partial charge in [0.1, 0.15) is 0 Å². The summed E-state index contributed by atoms with van der Waals surface area (Å²) in [4.78, 5) is 24.2. The summed E-state index contributed by atoms with van der Waals surface area (Å²) >= 11 is 0. The van der Waals surface area contributed by atoms with Crippen LogP contribution in [-0.4, -0.2) is 45.7 Å². The molecule has 1 amide bonds. The topological polar surface area (TPSA) is 77.8 Å². The third-order valence-electron chi connectivity index (χ3n) is 6.17. The molecule has 0 aromatic carbocycles. The Balaban J connectivity index is 1.66. The maximum atomic E-state index is 11.8. The lowest BCUT2D eigenvalue weighted by Crippen LogP contribution is -2.51. The third kappa shape index (κ3) is 5.57. The van der Waals surface area contributed by atoms with Crippen molar-refractivity contribution in [1.82, 2.24) is 4.90 Å². The second kappa shape index (κ2) is 10.1. The van der Waals surface area contributed by atoms with Crippen molar-refractivity contribution >= 4 is 11.9 Å². The number of likely N-dealkylation sites (tertiary alicyclic amines) is 1. The molecule has 5 heteroatoms. The van der Waals surface area contributed by atoms with Crippen LogP contribution in [0, 0.1) is 5.41 Å². The largest absolute Gasteiger partial charge is 0.481 e. The van der Waals surface area contributed by atoms with E-state index in [9.17, 15) is 14.7 Å². The summed E-state index contributed by atoms with van der Waals surface area (Å²) in [5, 5.41) is 19.2. The normalized spacial score (nSPS) is 22.9. The molecule has 2 N–H and O–H groups in total. The van der Waals surface area contributed by atoms with E-state index in [4.69, 9.17) is 5.11 Å². The smallest absolute Gasteiger partial charge is 0.303 e. The second-order valence-electron chi connectivity index (χ2n) is 8.06. The summed E-state index contributed by atoms with van der Waals surface area (Å²) < 4.78 is 0. The Labute approximate surface area is 157 Å². The molecular formula is C21H35NO4. The number of carbonyl (C=O) groups is 2. The first kappa shape index (κ1) is 20.9. The average Bonchev–Trinajstić information content (AvgIpc) is 2.55. The Morgan fingerprint density at radius 1 is 1.31 bits per heavy atom. The number of hydrogen-bond acceptors (Lipinski definition) is 3. The maximum absolute atomic E-state index is 11.8. The number of unbranched alkanes of at least 4 members (excludes halogenated alkanes) is 3. The Morgan fingerprint density at radius 3 is 2.62 bits per heavy atom. The number of carbonyl (C=O) groups excluding carboxylic acids is 1. The molecule has 0 aromatic heterocycles. The molecule has 0 bridgehead atoms. The molecular weight excluding hydrogens is 330 g/mol. The van der Waals surface area contributed by atoms with Crippen molar-refractivity contribution in [3.63, 3.8) is 0 Å². The second-order valence-corrected chi connectivity index (χ2v) is 8.06. The summed E-state index contributed by atoms with van der Waals surface area (Å²) in [6.07, 6.45) is 14.7.